The van der Waals surface area contributed by atoms with Crippen LogP contribution in [-0.4, -0.2) is 31.4 Å². The Kier molecular flexibility index (Phi) is 10.3. The molecule has 0 spiro atoms. The van der Waals surface area contributed by atoms with Crippen LogP contribution in [0.3, 0.4) is 0 Å². The van der Waals surface area contributed by atoms with Gasteiger partial charge in [0.1, 0.15) is 17.2 Å². The van der Waals surface area contributed by atoms with Crippen LogP contribution in [0.1, 0.15) is 83.3 Å². The Hall–Kier alpha value is -3.61. The van der Waals surface area contributed by atoms with E-state index in [2.05, 4.69) is 0 Å². The summed E-state index contributed by atoms with van der Waals surface area (Å²) in [5.74, 6) is 0.319. The Balaban J connectivity index is 2.44. The van der Waals surface area contributed by atoms with Gasteiger partial charge in [0, 0.05) is 17.2 Å². The minimum Gasteiger partial charge on any atom is -0.493 e. The zero-order valence-electron chi connectivity index (χ0n) is 24.0. The van der Waals surface area contributed by atoms with Crippen molar-refractivity contribution in [3.63, 3.8) is 0 Å². The number of carbonyl (C=O) groups excluding carboxylic acids is 3. The highest BCUT2D eigenvalue weighted by Crippen LogP contribution is 2.34. The molecule has 0 aliphatic rings. The van der Waals surface area contributed by atoms with E-state index in [4.69, 9.17) is 18.9 Å². The number of esters is 2. The monoisotopic (exact) mass is 524 g/mol. The predicted octanol–water partition coefficient (Wildman–Crippen LogP) is 6.81. The summed E-state index contributed by atoms with van der Waals surface area (Å²) < 4.78 is 22.4. The van der Waals surface area contributed by atoms with Crippen LogP contribution < -0.4 is 14.2 Å². The average molecular weight is 525 g/mol. The minimum atomic E-state index is -0.663. The van der Waals surface area contributed by atoms with E-state index in [0.29, 0.717) is 41.4 Å². The maximum absolute atomic E-state index is 13.3. The summed E-state index contributed by atoms with van der Waals surface area (Å²) in [5, 5.41) is 0. The molecule has 0 fully saturated rings. The maximum atomic E-state index is 13.3. The van der Waals surface area contributed by atoms with Gasteiger partial charge in [-0.3, -0.25) is 14.4 Å². The molecule has 2 rings (SSSR count). The van der Waals surface area contributed by atoms with Gasteiger partial charge >= 0.3 is 11.9 Å². The van der Waals surface area contributed by atoms with Crippen LogP contribution in [0.15, 0.2) is 42.2 Å². The summed E-state index contributed by atoms with van der Waals surface area (Å²) in [7, 11) is 1.43. The highest BCUT2D eigenvalue weighted by Gasteiger charge is 2.26. The van der Waals surface area contributed by atoms with Crippen molar-refractivity contribution in [1.29, 1.82) is 0 Å². The van der Waals surface area contributed by atoms with E-state index in [1.807, 2.05) is 19.9 Å². The molecule has 0 atom stereocenters. The number of ketones is 1. The molecule has 0 saturated heterocycles. The fourth-order valence-corrected chi connectivity index (χ4v) is 3.27. The van der Waals surface area contributed by atoms with E-state index in [1.54, 1.807) is 78.0 Å². The van der Waals surface area contributed by atoms with Gasteiger partial charge in [0.15, 0.2) is 5.76 Å². The number of Topliss-reactive ketones (excluding diaryl/α,β-unsaturated/α-hetero) is 1. The minimum absolute atomic E-state index is 0.104. The quantitative estimate of drug-likeness (QED) is 0.111. The first-order chi connectivity index (χ1) is 17.7. The summed E-state index contributed by atoms with van der Waals surface area (Å²) in [5.41, 5.74) is 0.524. The van der Waals surface area contributed by atoms with Crippen molar-refractivity contribution in [2.45, 2.75) is 68.2 Å². The zero-order chi connectivity index (χ0) is 28.7. The van der Waals surface area contributed by atoms with Crippen molar-refractivity contribution in [2.24, 2.45) is 10.8 Å². The molecule has 0 aliphatic carbocycles. The van der Waals surface area contributed by atoms with Gasteiger partial charge in [-0.25, -0.2) is 0 Å². The van der Waals surface area contributed by atoms with Crippen molar-refractivity contribution in [2.75, 3.05) is 13.7 Å². The summed E-state index contributed by atoms with van der Waals surface area (Å²) >= 11 is 0. The Labute approximate surface area is 226 Å². The number of hydrogen-bond acceptors (Lipinski definition) is 7. The van der Waals surface area contributed by atoms with E-state index in [-0.39, 0.29) is 23.5 Å². The Bertz CT molecular complexity index is 1180. The van der Waals surface area contributed by atoms with E-state index in [9.17, 15) is 14.4 Å². The summed E-state index contributed by atoms with van der Waals surface area (Å²) in [6.07, 6.45) is 3.12. The molecule has 0 unspecified atom stereocenters. The lowest BCUT2D eigenvalue weighted by Crippen LogP contribution is -2.26. The fourth-order valence-electron chi connectivity index (χ4n) is 3.27. The smallest absolute Gasteiger partial charge is 0.316 e. The highest BCUT2D eigenvalue weighted by molar-refractivity contribution is 6.10. The molecule has 0 radical (unpaired) electrons. The van der Waals surface area contributed by atoms with Gasteiger partial charge in [0.05, 0.1) is 24.5 Å². The van der Waals surface area contributed by atoms with Gasteiger partial charge in [-0.15, -0.1) is 0 Å². The van der Waals surface area contributed by atoms with Crippen LogP contribution >= 0.6 is 0 Å². The lowest BCUT2D eigenvalue weighted by atomic mass is 9.97. The SMILES string of the molecule is CCCc1cc(C=C(OC)C(=O)c2ccc(OC(=O)C(C)(C)C)cc2)c(OCC)cc1OC(=O)C(C)(C)C. The van der Waals surface area contributed by atoms with Gasteiger partial charge in [0.2, 0.25) is 5.78 Å². The molecule has 0 bridgehead atoms. The van der Waals surface area contributed by atoms with Gasteiger partial charge in [-0.05, 0) is 96.9 Å². The van der Waals surface area contributed by atoms with E-state index in [1.165, 1.54) is 7.11 Å². The lowest BCUT2D eigenvalue weighted by molar-refractivity contribution is -0.143. The number of benzene rings is 2. The maximum Gasteiger partial charge on any atom is 0.316 e. The topological polar surface area (TPSA) is 88.1 Å². The van der Waals surface area contributed by atoms with Crippen molar-refractivity contribution in [3.05, 3.63) is 58.8 Å². The lowest BCUT2D eigenvalue weighted by Gasteiger charge is -2.20. The summed E-state index contributed by atoms with van der Waals surface area (Å²) in [6.45, 7) is 15.0. The molecule has 2 aromatic carbocycles. The molecular weight excluding hydrogens is 484 g/mol. The molecule has 206 valence electrons. The van der Waals surface area contributed by atoms with Gasteiger partial charge in [-0.2, -0.15) is 0 Å². The van der Waals surface area contributed by atoms with Crippen molar-refractivity contribution in [3.8, 4) is 17.2 Å². The molecule has 7 heteroatoms. The largest absolute Gasteiger partial charge is 0.493 e. The number of allylic oxidation sites excluding steroid dienone is 1. The Morgan fingerprint density at radius 1 is 0.816 bits per heavy atom. The van der Waals surface area contributed by atoms with Crippen LogP contribution in [0, 0.1) is 10.8 Å². The molecule has 0 N–H and O–H groups in total. The summed E-state index contributed by atoms with van der Waals surface area (Å²) in [4.78, 5) is 38.0. The number of ether oxygens (including phenoxy) is 4. The summed E-state index contributed by atoms with van der Waals surface area (Å²) in [6, 6.07) is 9.88. The standard InChI is InChI=1S/C31H40O7/c1-10-12-21-17-22(24(36-11-2)19-25(21)38-29(34)31(6,7)8)18-26(35-9)27(32)20-13-15-23(16-14-20)37-28(33)30(3,4)5/h13-19H,10-12H2,1-9H3. The predicted molar refractivity (Wildman–Crippen MR) is 148 cm³/mol. The van der Waals surface area contributed by atoms with Gasteiger partial charge in [-0.1, -0.05) is 13.3 Å². The Morgan fingerprint density at radius 3 is 1.89 bits per heavy atom. The second-order valence-electron chi connectivity index (χ2n) is 11.0. The number of hydrogen-bond donors (Lipinski definition) is 0. The molecule has 38 heavy (non-hydrogen) atoms. The van der Waals surface area contributed by atoms with Crippen molar-refractivity contribution in [1.82, 2.24) is 0 Å². The second-order valence-corrected chi connectivity index (χ2v) is 11.0. The first-order valence-corrected chi connectivity index (χ1v) is 12.9. The normalized spacial score (nSPS) is 12.1. The number of rotatable bonds is 10. The van der Waals surface area contributed by atoms with Crippen LogP contribution in [0.4, 0.5) is 0 Å². The van der Waals surface area contributed by atoms with Crippen LogP contribution in [0.25, 0.3) is 6.08 Å². The molecule has 2 aromatic rings. The Morgan fingerprint density at radius 2 is 1.39 bits per heavy atom. The van der Waals surface area contributed by atoms with Crippen molar-refractivity contribution < 1.29 is 33.3 Å². The second kappa shape index (κ2) is 12.8. The molecular formula is C31H40O7. The molecule has 0 saturated carbocycles. The van der Waals surface area contributed by atoms with E-state index in [0.717, 1.165) is 12.0 Å². The van der Waals surface area contributed by atoms with Crippen LogP contribution in [0.5, 0.6) is 17.2 Å². The fraction of sp³-hybridized carbons (Fsp3) is 0.452. The first-order valence-electron chi connectivity index (χ1n) is 12.9. The van der Waals surface area contributed by atoms with Crippen LogP contribution in [0.2, 0.25) is 0 Å². The van der Waals surface area contributed by atoms with Crippen LogP contribution in [-0.2, 0) is 20.7 Å². The third-order valence-electron chi connectivity index (χ3n) is 5.50. The van der Waals surface area contributed by atoms with Crippen molar-refractivity contribution >= 4 is 23.8 Å². The molecule has 0 aromatic heterocycles. The molecule has 0 heterocycles. The number of carbonyl (C=O) groups is 3. The third-order valence-corrected chi connectivity index (χ3v) is 5.50. The van der Waals surface area contributed by atoms with Gasteiger partial charge in [0.25, 0.3) is 0 Å². The number of methoxy groups -OCH3 is 1. The first kappa shape index (κ1) is 30.6. The molecule has 7 nitrogen and oxygen atoms in total. The molecule has 0 aliphatic heterocycles. The third kappa shape index (κ3) is 8.20. The van der Waals surface area contributed by atoms with E-state index < -0.39 is 10.8 Å². The zero-order valence-corrected chi connectivity index (χ0v) is 24.0. The average Bonchev–Trinajstić information content (AvgIpc) is 2.83. The van der Waals surface area contributed by atoms with E-state index >= 15 is 0 Å². The highest BCUT2D eigenvalue weighted by atomic mass is 16.5. The number of aryl methyl sites for hydroxylation is 1. The molecule has 0 amide bonds. The van der Waals surface area contributed by atoms with Gasteiger partial charge < -0.3 is 18.9 Å².